The van der Waals surface area contributed by atoms with Crippen LogP contribution in [0.15, 0.2) is 28.7 Å². The molecule has 5 heteroatoms. The van der Waals surface area contributed by atoms with Gasteiger partial charge in [0.15, 0.2) is 0 Å². The van der Waals surface area contributed by atoms with Crippen molar-refractivity contribution in [2.75, 3.05) is 13.2 Å². The van der Waals surface area contributed by atoms with Crippen molar-refractivity contribution in [3.8, 4) is 11.5 Å². The van der Waals surface area contributed by atoms with E-state index < -0.39 is 0 Å². The zero-order valence-electron chi connectivity index (χ0n) is 15.9. The standard InChI is InChI=1S/C21H30N2O3/c1-15-6-3-7-17(12-15)21-23-20(16(2)26-21)14-25-19-9-4-8-18(13-19)24-11-5-10-22/h3,6-7,12,18-19H,4-5,8-11,13-14,22H2,1-2H3/t18-,19+/m1/s1. The van der Waals surface area contributed by atoms with Gasteiger partial charge in [0.05, 0.1) is 18.8 Å². The molecule has 1 fully saturated rings. The molecule has 2 N–H and O–H groups in total. The summed E-state index contributed by atoms with van der Waals surface area (Å²) in [5.41, 5.74) is 8.61. The highest BCUT2D eigenvalue weighted by Crippen LogP contribution is 2.26. The molecular formula is C21H30N2O3. The summed E-state index contributed by atoms with van der Waals surface area (Å²) < 4.78 is 17.9. The van der Waals surface area contributed by atoms with E-state index in [1.807, 2.05) is 19.1 Å². The fraction of sp³-hybridized carbons (Fsp3) is 0.571. The van der Waals surface area contributed by atoms with E-state index in [1.165, 1.54) is 5.56 Å². The van der Waals surface area contributed by atoms with Gasteiger partial charge in [-0.2, -0.15) is 0 Å². The van der Waals surface area contributed by atoms with E-state index >= 15 is 0 Å². The number of nitrogens with two attached hydrogens (primary N) is 1. The number of nitrogens with zero attached hydrogens (tertiary/aromatic N) is 1. The smallest absolute Gasteiger partial charge is 0.226 e. The van der Waals surface area contributed by atoms with Crippen LogP contribution in [0.4, 0.5) is 0 Å². The summed E-state index contributed by atoms with van der Waals surface area (Å²) in [5.74, 6) is 1.49. The van der Waals surface area contributed by atoms with E-state index in [9.17, 15) is 0 Å². The van der Waals surface area contributed by atoms with Gasteiger partial charge >= 0.3 is 0 Å². The van der Waals surface area contributed by atoms with Crippen molar-refractivity contribution in [2.24, 2.45) is 5.73 Å². The number of oxazole rings is 1. The van der Waals surface area contributed by atoms with Gasteiger partial charge in [0.25, 0.3) is 0 Å². The van der Waals surface area contributed by atoms with Gasteiger partial charge in [-0.05, 0) is 64.6 Å². The molecular weight excluding hydrogens is 328 g/mol. The van der Waals surface area contributed by atoms with Crippen molar-refractivity contribution >= 4 is 0 Å². The molecule has 0 radical (unpaired) electrons. The van der Waals surface area contributed by atoms with Crippen LogP contribution in [0.5, 0.6) is 0 Å². The molecule has 0 saturated heterocycles. The van der Waals surface area contributed by atoms with E-state index in [4.69, 9.17) is 19.6 Å². The Morgan fingerprint density at radius 1 is 1.19 bits per heavy atom. The monoisotopic (exact) mass is 358 g/mol. The highest BCUT2D eigenvalue weighted by Gasteiger charge is 2.24. The van der Waals surface area contributed by atoms with E-state index in [1.54, 1.807) is 0 Å². The average molecular weight is 358 g/mol. The number of rotatable bonds is 8. The Labute approximate surface area is 155 Å². The maximum Gasteiger partial charge on any atom is 0.226 e. The van der Waals surface area contributed by atoms with Crippen molar-refractivity contribution in [3.05, 3.63) is 41.3 Å². The molecule has 2 aromatic rings. The van der Waals surface area contributed by atoms with E-state index in [-0.39, 0.29) is 6.10 Å². The molecule has 0 spiro atoms. The minimum atomic E-state index is 0.227. The van der Waals surface area contributed by atoms with Crippen molar-refractivity contribution in [3.63, 3.8) is 0 Å². The van der Waals surface area contributed by atoms with Crippen LogP contribution in [0, 0.1) is 13.8 Å². The third kappa shape index (κ3) is 5.16. The Balaban J connectivity index is 1.54. The van der Waals surface area contributed by atoms with E-state index in [2.05, 4.69) is 24.0 Å². The second-order valence-electron chi connectivity index (χ2n) is 7.13. The second-order valence-corrected chi connectivity index (χ2v) is 7.13. The van der Waals surface area contributed by atoms with Crippen LogP contribution in [-0.4, -0.2) is 30.3 Å². The Kier molecular flexibility index (Phi) is 6.83. The van der Waals surface area contributed by atoms with Gasteiger partial charge in [-0.15, -0.1) is 0 Å². The summed E-state index contributed by atoms with van der Waals surface area (Å²) in [7, 11) is 0. The fourth-order valence-corrected chi connectivity index (χ4v) is 3.40. The first-order valence-electron chi connectivity index (χ1n) is 9.62. The SMILES string of the molecule is Cc1cccc(-c2nc(CO[C@H]3CCC[C@@H](OCCCN)C3)c(C)o2)c1. The summed E-state index contributed by atoms with van der Waals surface area (Å²) in [6, 6.07) is 8.19. The van der Waals surface area contributed by atoms with Crippen LogP contribution >= 0.6 is 0 Å². The molecule has 1 aromatic carbocycles. The predicted octanol–water partition coefficient (Wildman–Crippen LogP) is 4.15. The van der Waals surface area contributed by atoms with Gasteiger partial charge < -0.3 is 19.6 Å². The molecule has 1 heterocycles. The summed E-state index contributed by atoms with van der Waals surface area (Å²) in [4.78, 5) is 4.65. The van der Waals surface area contributed by atoms with Gasteiger partial charge in [-0.1, -0.05) is 17.7 Å². The van der Waals surface area contributed by atoms with Crippen molar-refractivity contribution in [1.29, 1.82) is 0 Å². The number of aryl methyl sites for hydroxylation is 2. The van der Waals surface area contributed by atoms with Gasteiger partial charge in [0, 0.05) is 12.2 Å². The summed E-state index contributed by atoms with van der Waals surface area (Å²) in [5, 5.41) is 0. The van der Waals surface area contributed by atoms with Gasteiger partial charge in [-0.3, -0.25) is 0 Å². The number of hydrogen-bond acceptors (Lipinski definition) is 5. The predicted molar refractivity (Wildman–Crippen MR) is 102 cm³/mol. The van der Waals surface area contributed by atoms with Crippen molar-refractivity contribution < 1.29 is 13.9 Å². The Morgan fingerprint density at radius 3 is 2.77 bits per heavy atom. The minimum absolute atomic E-state index is 0.227. The Bertz CT molecular complexity index is 698. The van der Waals surface area contributed by atoms with Crippen LogP contribution < -0.4 is 5.73 Å². The van der Waals surface area contributed by atoms with E-state index in [0.717, 1.165) is 55.7 Å². The van der Waals surface area contributed by atoms with Crippen LogP contribution in [0.1, 0.15) is 49.1 Å². The first kappa shape index (κ1) is 19.1. The number of hydrogen-bond donors (Lipinski definition) is 1. The molecule has 1 aliphatic rings. The lowest BCUT2D eigenvalue weighted by molar-refractivity contribution is -0.0511. The molecule has 0 unspecified atom stereocenters. The molecule has 0 amide bonds. The largest absolute Gasteiger partial charge is 0.441 e. The summed E-state index contributed by atoms with van der Waals surface area (Å²) >= 11 is 0. The highest BCUT2D eigenvalue weighted by molar-refractivity contribution is 5.54. The van der Waals surface area contributed by atoms with Crippen LogP contribution in [0.2, 0.25) is 0 Å². The molecule has 0 bridgehead atoms. The number of ether oxygens (including phenoxy) is 2. The lowest BCUT2D eigenvalue weighted by Crippen LogP contribution is -2.28. The number of benzene rings is 1. The van der Waals surface area contributed by atoms with Gasteiger partial charge in [0.1, 0.15) is 11.5 Å². The average Bonchev–Trinajstić information content (AvgIpc) is 3.01. The van der Waals surface area contributed by atoms with Crippen LogP contribution in [-0.2, 0) is 16.1 Å². The molecule has 142 valence electrons. The van der Waals surface area contributed by atoms with Crippen molar-refractivity contribution in [2.45, 2.75) is 64.8 Å². The lowest BCUT2D eigenvalue weighted by atomic mass is 9.95. The molecule has 1 aliphatic carbocycles. The zero-order valence-corrected chi connectivity index (χ0v) is 15.9. The Hall–Kier alpha value is -1.69. The van der Waals surface area contributed by atoms with Crippen LogP contribution in [0.25, 0.3) is 11.5 Å². The van der Waals surface area contributed by atoms with Crippen molar-refractivity contribution in [1.82, 2.24) is 4.98 Å². The molecule has 26 heavy (non-hydrogen) atoms. The Morgan fingerprint density at radius 2 is 2.00 bits per heavy atom. The second kappa shape index (κ2) is 9.31. The summed E-state index contributed by atoms with van der Waals surface area (Å²) in [6.45, 7) is 5.93. The van der Waals surface area contributed by atoms with Crippen LogP contribution in [0.3, 0.4) is 0 Å². The lowest BCUT2D eigenvalue weighted by Gasteiger charge is -2.29. The normalized spacial score (nSPS) is 20.4. The third-order valence-corrected chi connectivity index (χ3v) is 4.89. The highest BCUT2D eigenvalue weighted by atomic mass is 16.5. The maximum atomic E-state index is 6.13. The molecule has 2 atom stereocenters. The molecule has 5 nitrogen and oxygen atoms in total. The molecule has 1 saturated carbocycles. The summed E-state index contributed by atoms with van der Waals surface area (Å²) in [6.07, 6.45) is 5.73. The van der Waals surface area contributed by atoms with Gasteiger partial charge in [0.2, 0.25) is 5.89 Å². The third-order valence-electron chi connectivity index (χ3n) is 4.89. The molecule has 0 aliphatic heterocycles. The maximum absolute atomic E-state index is 6.13. The fourth-order valence-electron chi connectivity index (χ4n) is 3.40. The number of aromatic nitrogens is 1. The quantitative estimate of drug-likeness (QED) is 0.718. The molecule has 3 rings (SSSR count). The zero-order chi connectivity index (χ0) is 18.4. The topological polar surface area (TPSA) is 70.5 Å². The molecule has 1 aromatic heterocycles. The first-order valence-corrected chi connectivity index (χ1v) is 9.62. The minimum Gasteiger partial charge on any atom is -0.441 e. The first-order chi connectivity index (χ1) is 12.7. The van der Waals surface area contributed by atoms with Gasteiger partial charge in [-0.25, -0.2) is 4.98 Å². The van der Waals surface area contributed by atoms with E-state index in [0.29, 0.717) is 25.1 Å².